The minimum atomic E-state index is -1.43. The Labute approximate surface area is 264 Å². The molecule has 2 aromatic heterocycles. The Morgan fingerprint density at radius 1 is 1.11 bits per heavy atom. The average Bonchev–Trinajstić information content (AvgIpc) is 3.66. The zero-order valence-corrected chi connectivity index (χ0v) is 27.2. The van der Waals surface area contributed by atoms with Gasteiger partial charge in [0.25, 0.3) is 0 Å². The number of nitrogens with zero attached hydrogens (tertiary/aromatic N) is 4. The molecule has 234 valence electrons. The van der Waals surface area contributed by atoms with E-state index in [4.69, 9.17) is 10.1 Å². The second-order valence-electron chi connectivity index (χ2n) is 15.1. The molecule has 7 nitrogen and oxygen atoms in total. The van der Waals surface area contributed by atoms with Crippen molar-refractivity contribution in [1.82, 2.24) is 19.3 Å². The monoisotopic (exact) mass is 614 g/mol. The highest BCUT2D eigenvalue weighted by Crippen LogP contribution is 2.67. The molecule has 44 heavy (non-hydrogen) atoms. The summed E-state index contributed by atoms with van der Waals surface area (Å²) in [7, 11) is 1.98. The Kier molecular flexibility index (Phi) is 6.79. The van der Waals surface area contributed by atoms with E-state index in [-0.39, 0.29) is 34.7 Å². The van der Waals surface area contributed by atoms with Crippen molar-refractivity contribution in [3.63, 3.8) is 0 Å². The SMILES string of the molecule is Cn1c(SCC(=O)[C@@]2(O)CCC3C4CCC5=Cc6c(cnn6C6CCCCC6)CC5(C)C4[C@@H](O)CC32C)nc2ccccc21. The molecule has 5 unspecified atom stereocenters. The number of aliphatic hydroxyl groups excluding tert-OH is 1. The van der Waals surface area contributed by atoms with Gasteiger partial charge in [-0.2, -0.15) is 5.10 Å². The summed E-state index contributed by atoms with van der Waals surface area (Å²) in [5.41, 5.74) is 3.84. The lowest BCUT2D eigenvalue weighted by molar-refractivity contribution is -0.177. The third-order valence-electron chi connectivity index (χ3n) is 13.1. The number of hydrogen-bond donors (Lipinski definition) is 2. The molecular formula is C36H46N4O3S. The van der Waals surface area contributed by atoms with E-state index in [1.807, 2.05) is 35.9 Å². The predicted octanol–water partition coefficient (Wildman–Crippen LogP) is 6.52. The van der Waals surface area contributed by atoms with Crippen LogP contribution in [0.15, 0.2) is 41.2 Å². The van der Waals surface area contributed by atoms with Gasteiger partial charge >= 0.3 is 0 Å². The van der Waals surface area contributed by atoms with Crippen molar-refractivity contribution in [2.75, 3.05) is 5.75 Å². The number of aliphatic hydroxyl groups is 2. The first-order chi connectivity index (χ1) is 21.1. The molecule has 0 saturated heterocycles. The van der Waals surface area contributed by atoms with Crippen molar-refractivity contribution in [2.24, 2.45) is 35.6 Å². The molecule has 4 fully saturated rings. The fourth-order valence-corrected chi connectivity index (χ4v) is 11.7. The molecular weight excluding hydrogens is 568 g/mol. The summed E-state index contributed by atoms with van der Waals surface area (Å²) in [4.78, 5) is 18.7. The molecule has 7 atom stereocenters. The van der Waals surface area contributed by atoms with Crippen LogP contribution in [-0.2, 0) is 18.3 Å². The van der Waals surface area contributed by atoms with Gasteiger partial charge in [-0.1, -0.05) is 62.6 Å². The largest absolute Gasteiger partial charge is 0.393 e. The Balaban J connectivity index is 1.04. The van der Waals surface area contributed by atoms with Crippen molar-refractivity contribution >= 4 is 34.7 Å². The highest BCUT2D eigenvalue weighted by molar-refractivity contribution is 7.99. The summed E-state index contributed by atoms with van der Waals surface area (Å²) < 4.78 is 4.34. The Morgan fingerprint density at radius 2 is 1.91 bits per heavy atom. The van der Waals surface area contributed by atoms with Gasteiger partial charge < -0.3 is 14.8 Å². The first-order valence-corrected chi connectivity index (χ1v) is 17.9. The van der Waals surface area contributed by atoms with E-state index in [1.165, 1.54) is 60.7 Å². The van der Waals surface area contributed by atoms with E-state index in [0.29, 0.717) is 18.9 Å². The standard InChI is InChI=1S/C36H46N4O3S/c1-34-18-22-20-37-40(24-9-5-4-6-10-24)29(22)17-23(34)13-14-25-26-15-16-36(43,35(26,2)19-30(41)32(25)34)31(42)21-44-33-38-27-11-7-8-12-28(27)39(33)3/h7-8,11-12,17,20,24-26,30,32,41,43H,4-6,9-10,13-16,18-19,21H2,1-3H3/t25?,26?,30-,32?,34?,35?,36-/m0/s1. The molecule has 0 bridgehead atoms. The molecule has 0 radical (unpaired) electrons. The minimum Gasteiger partial charge on any atom is -0.393 e. The van der Waals surface area contributed by atoms with Gasteiger partial charge in [-0.15, -0.1) is 0 Å². The average molecular weight is 615 g/mol. The van der Waals surface area contributed by atoms with Crippen molar-refractivity contribution in [2.45, 2.75) is 107 Å². The highest BCUT2D eigenvalue weighted by atomic mass is 32.2. The van der Waals surface area contributed by atoms with Crippen LogP contribution in [0.5, 0.6) is 0 Å². The second-order valence-corrected chi connectivity index (χ2v) is 16.1. The van der Waals surface area contributed by atoms with Crippen LogP contribution in [-0.4, -0.2) is 52.8 Å². The molecule has 5 aliphatic rings. The summed E-state index contributed by atoms with van der Waals surface area (Å²) >= 11 is 1.41. The van der Waals surface area contributed by atoms with E-state index in [0.717, 1.165) is 41.9 Å². The normalized spacial score (nSPS) is 36.8. The number of Topliss-reactive ketones (excluding diaryl/α,β-unsaturated/α-hetero) is 1. The number of imidazole rings is 1. The van der Waals surface area contributed by atoms with Crippen LogP contribution in [0.4, 0.5) is 0 Å². The summed E-state index contributed by atoms with van der Waals surface area (Å²) in [5, 5.41) is 30.0. The number of aromatic nitrogens is 4. The number of para-hydroxylation sites is 2. The van der Waals surface area contributed by atoms with E-state index in [2.05, 4.69) is 30.8 Å². The van der Waals surface area contributed by atoms with Gasteiger partial charge in [0.05, 0.1) is 40.8 Å². The molecule has 8 rings (SSSR count). The zero-order chi connectivity index (χ0) is 30.4. The van der Waals surface area contributed by atoms with Crippen LogP contribution in [0.25, 0.3) is 17.1 Å². The van der Waals surface area contributed by atoms with Gasteiger partial charge in [0, 0.05) is 12.5 Å². The van der Waals surface area contributed by atoms with E-state index in [9.17, 15) is 15.0 Å². The van der Waals surface area contributed by atoms with E-state index in [1.54, 1.807) is 0 Å². The van der Waals surface area contributed by atoms with Gasteiger partial charge in [0.1, 0.15) is 5.60 Å². The maximum absolute atomic E-state index is 13.9. The van der Waals surface area contributed by atoms with Gasteiger partial charge in [0.2, 0.25) is 0 Å². The van der Waals surface area contributed by atoms with Crippen molar-refractivity contribution in [3.8, 4) is 0 Å². The topological polar surface area (TPSA) is 93.2 Å². The molecule has 2 N–H and O–H groups in total. The van der Waals surface area contributed by atoms with Crippen LogP contribution in [0.2, 0.25) is 0 Å². The van der Waals surface area contributed by atoms with Crippen molar-refractivity contribution in [1.29, 1.82) is 0 Å². The fraction of sp³-hybridized carbons (Fsp3) is 0.639. The first kappa shape index (κ1) is 29.0. The highest BCUT2D eigenvalue weighted by Gasteiger charge is 2.68. The third-order valence-corrected chi connectivity index (χ3v) is 14.1. The number of benzene rings is 1. The van der Waals surface area contributed by atoms with Crippen molar-refractivity contribution < 1.29 is 15.0 Å². The van der Waals surface area contributed by atoms with Crippen LogP contribution >= 0.6 is 11.8 Å². The first-order valence-electron chi connectivity index (χ1n) is 16.9. The Hall–Kier alpha value is -2.42. The maximum atomic E-state index is 13.9. The van der Waals surface area contributed by atoms with Gasteiger partial charge in [-0.05, 0) is 98.3 Å². The quantitative estimate of drug-likeness (QED) is 0.318. The summed E-state index contributed by atoms with van der Waals surface area (Å²) in [5.74, 6) is 0.688. The molecule has 0 spiro atoms. The van der Waals surface area contributed by atoms with Gasteiger partial charge in [0.15, 0.2) is 10.9 Å². The predicted molar refractivity (Wildman–Crippen MR) is 173 cm³/mol. The van der Waals surface area contributed by atoms with Crippen LogP contribution in [0.1, 0.15) is 95.4 Å². The molecule has 0 aliphatic heterocycles. The maximum Gasteiger partial charge on any atom is 0.175 e. The number of ketones is 1. The number of allylic oxidation sites excluding steroid dienone is 1. The Bertz CT molecular complexity index is 1650. The molecule has 8 heteroatoms. The third kappa shape index (κ3) is 4.05. The lowest BCUT2D eigenvalue weighted by Crippen LogP contribution is -2.62. The number of thioether (sulfide) groups is 1. The lowest BCUT2D eigenvalue weighted by Gasteiger charge is -2.60. The smallest absolute Gasteiger partial charge is 0.175 e. The van der Waals surface area contributed by atoms with Crippen LogP contribution in [0.3, 0.4) is 0 Å². The Morgan fingerprint density at radius 3 is 2.70 bits per heavy atom. The van der Waals surface area contributed by atoms with Gasteiger partial charge in [-0.25, -0.2) is 4.98 Å². The number of aryl methyl sites for hydroxylation is 1. The summed E-state index contributed by atoms with van der Waals surface area (Å²) in [6, 6.07) is 8.49. The molecule has 5 aliphatic carbocycles. The minimum absolute atomic E-state index is 0.120. The molecule has 3 aromatic rings. The molecule has 1 aromatic carbocycles. The van der Waals surface area contributed by atoms with Crippen molar-refractivity contribution in [3.05, 3.63) is 47.3 Å². The lowest BCUT2D eigenvalue weighted by atomic mass is 9.45. The number of carbonyl (C=O) groups is 1. The second kappa shape index (κ2) is 10.3. The summed E-state index contributed by atoms with van der Waals surface area (Å²) in [6.45, 7) is 4.48. The van der Waals surface area contributed by atoms with E-state index >= 15 is 0 Å². The van der Waals surface area contributed by atoms with Crippen LogP contribution < -0.4 is 0 Å². The zero-order valence-electron chi connectivity index (χ0n) is 26.3. The number of rotatable bonds is 5. The van der Waals surface area contributed by atoms with Gasteiger partial charge in [-0.3, -0.25) is 9.48 Å². The number of carbonyl (C=O) groups excluding carboxylic acids is 1. The molecule has 4 saturated carbocycles. The fourth-order valence-electron chi connectivity index (χ4n) is 10.8. The summed E-state index contributed by atoms with van der Waals surface area (Å²) in [6.07, 6.45) is 15.0. The van der Waals surface area contributed by atoms with E-state index < -0.39 is 17.1 Å². The number of hydrogen-bond acceptors (Lipinski definition) is 6. The van der Waals surface area contributed by atoms with Crippen LogP contribution in [0, 0.1) is 28.6 Å². The molecule has 2 heterocycles. The number of fused-ring (bicyclic) bond motifs is 7. The molecule has 0 amide bonds.